The molecule has 0 aliphatic heterocycles. The molecule has 2 N–H and O–H groups in total. The van der Waals surface area contributed by atoms with Gasteiger partial charge < -0.3 is 15.4 Å². The lowest BCUT2D eigenvalue weighted by atomic mass is 10.2. The lowest BCUT2D eigenvalue weighted by Gasteiger charge is -2.12. The van der Waals surface area contributed by atoms with E-state index in [0.717, 1.165) is 5.56 Å². The van der Waals surface area contributed by atoms with Crippen molar-refractivity contribution in [3.05, 3.63) is 82.9 Å². The Morgan fingerprint density at radius 3 is 2.67 bits per heavy atom. The molecule has 0 saturated carbocycles. The van der Waals surface area contributed by atoms with Crippen LogP contribution in [0.5, 0.6) is 5.75 Å². The lowest BCUT2D eigenvalue weighted by Crippen LogP contribution is -2.23. The van der Waals surface area contributed by atoms with Gasteiger partial charge in [-0.25, -0.2) is 4.39 Å². The normalized spacial score (nSPS) is 10.3. The number of amides is 1. The molecule has 0 saturated heterocycles. The second kappa shape index (κ2) is 8.51. The van der Waals surface area contributed by atoms with Crippen LogP contribution in [0.25, 0.3) is 0 Å². The maximum atomic E-state index is 12.9. The Hall–Kier alpha value is -3.12. The Kier molecular flexibility index (Phi) is 5.88. The van der Waals surface area contributed by atoms with Crippen molar-refractivity contribution in [1.82, 2.24) is 10.3 Å². The van der Waals surface area contributed by atoms with Crippen LogP contribution in [0.4, 0.5) is 15.8 Å². The van der Waals surface area contributed by atoms with Crippen molar-refractivity contribution in [2.75, 3.05) is 12.4 Å². The van der Waals surface area contributed by atoms with Gasteiger partial charge in [0.2, 0.25) is 0 Å². The molecule has 5 nitrogen and oxygen atoms in total. The molecule has 3 rings (SSSR count). The van der Waals surface area contributed by atoms with Crippen LogP contribution in [0.3, 0.4) is 0 Å². The maximum Gasteiger partial charge on any atom is 0.270 e. The maximum absolute atomic E-state index is 12.9. The molecule has 138 valence electrons. The van der Waals surface area contributed by atoms with E-state index in [9.17, 15) is 9.18 Å². The van der Waals surface area contributed by atoms with Crippen molar-refractivity contribution in [3.63, 3.8) is 0 Å². The van der Waals surface area contributed by atoms with E-state index in [4.69, 9.17) is 16.3 Å². The molecule has 0 bridgehead atoms. The minimum Gasteiger partial charge on any atom is -0.495 e. The largest absolute Gasteiger partial charge is 0.495 e. The highest BCUT2D eigenvalue weighted by molar-refractivity contribution is 6.31. The van der Waals surface area contributed by atoms with E-state index in [1.165, 1.54) is 18.3 Å². The summed E-state index contributed by atoms with van der Waals surface area (Å²) in [6.45, 7) is 0.278. The average molecular weight is 386 g/mol. The summed E-state index contributed by atoms with van der Waals surface area (Å²) < 4.78 is 18.2. The third-order valence-electron chi connectivity index (χ3n) is 3.80. The van der Waals surface area contributed by atoms with Crippen molar-refractivity contribution >= 4 is 28.9 Å². The number of nitrogens with zero attached hydrogens (tertiary/aromatic N) is 1. The van der Waals surface area contributed by atoms with Gasteiger partial charge in [-0.15, -0.1) is 0 Å². The van der Waals surface area contributed by atoms with Gasteiger partial charge in [-0.1, -0.05) is 23.7 Å². The number of rotatable bonds is 6. The van der Waals surface area contributed by atoms with Gasteiger partial charge in [0.25, 0.3) is 5.91 Å². The molecule has 0 radical (unpaired) electrons. The molecule has 0 aliphatic rings. The van der Waals surface area contributed by atoms with Crippen molar-refractivity contribution in [3.8, 4) is 5.75 Å². The van der Waals surface area contributed by atoms with Crippen molar-refractivity contribution in [2.24, 2.45) is 0 Å². The Morgan fingerprint density at radius 1 is 1.15 bits per heavy atom. The smallest absolute Gasteiger partial charge is 0.270 e. The zero-order valence-electron chi connectivity index (χ0n) is 14.5. The second-order valence-corrected chi connectivity index (χ2v) is 6.14. The minimum absolute atomic E-state index is 0.253. The van der Waals surface area contributed by atoms with Gasteiger partial charge in [0.05, 0.1) is 12.8 Å². The number of aromatic nitrogens is 1. The fourth-order valence-corrected chi connectivity index (χ4v) is 2.61. The molecule has 1 aromatic heterocycles. The third-order valence-corrected chi connectivity index (χ3v) is 4.03. The summed E-state index contributed by atoms with van der Waals surface area (Å²) in [5, 5.41) is 6.49. The molecule has 0 fully saturated rings. The predicted molar refractivity (Wildman–Crippen MR) is 103 cm³/mol. The summed E-state index contributed by atoms with van der Waals surface area (Å²) in [4.78, 5) is 16.4. The van der Waals surface area contributed by atoms with Gasteiger partial charge in [0, 0.05) is 23.5 Å². The predicted octanol–water partition coefficient (Wildman–Crippen LogP) is 4.56. The van der Waals surface area contributed by atoms with E-state index in [-0.39, 0.29) is 24.0 Å². The molecule has 0 atom stereocenters. The number of anilines is 2. The van der Waals surface area contributed by atoms with Crippen LogP contribution in [0, 0.1) is 5.82 Å². The van der Waals surface area contributed by atoms with Crippen molar-refractivity contribution < 1.29 is 13.9 Å². The third kappa shape index (κ3) is 4.95. The molecular formula is C20H17ClFN3O2. The molecule has 0 aliphatic carbocycles. The molecular weight excluding hydrogens is 369 g/mol. The Labute approximate surface area is 161 Å². The number of nitrogens with one attached hydrogen (secondary N) is 2. The summed E-state index contributed by atoms with van der Waals surface area (Å²) in [6, 6.07) is 14.5. The van der Waals surface area contributed by atoms with Crippen molar-refractivity contribution in [2.45, 2.75) is 6.54 Å². The van der Waals surface area contributed by atoms with Crippen LogP contribution in [-0.4, -0.2) is 18.0 Å². The van der Waals surface area contributed by atoms with Crippen LogP contribution in [0.1, 0.15) is 16.1 Å². The molecule has 2 aromatic carbocycles. The van der Waals surface area contributed by atoms with Gasteiger partial charge in [0.1, 0.15) is 17.3 Å². The lowest BCUT2D eigenvalue weighted by molar-refractivity contribution is 0.0946. The molecule has 3 aromatic rings. The number of carbonyl (C=O) groups is 1. The summed E-state index contributed by atoms with van der Waals surface area (Å²) in [7, 11) is 1.56. The van der Waals surface area contributed by atoms with Crippen LogP contribution in [0.15, 0.2) is 60.8 Å². The summed E-state index contributed by atoms with van der Waals surface area (Å²) in [6.07, 6.45) is 1.53. The van der Waals surface area contributed by atoms with E-state index < -0.39 is 0 Å². The molecule has 1 amide bonds. The Bertz CT molecular complexity index is 948. The Morgan fingerprint density at radius 2 is 1.93 bits per heavy atom. The number of hydrogen-bond donors (Lipinski definition) is 2. The van der Waals surface area contributed by atoms with Crippen LogP contribution < -0.4 is 15.4 Å². The number of carbonyl (C=O) groups excluding carboxylic acids is 1. The second-order valence-electron chi connectivity index (χ2n) is 5.71. The average Bonchev–Trinajstić information content (AvgIpc) is 2.68. The van der Waals surface area contributed by atoms with E-state index in [2.05, 4.69) is 15.6 Å². The molecule has 0 unspecified atom stereocenters. The molecule has 0 spiro atoms. The van der Waals surface area contributed by atoms with E-state index in [1.807, 2.05) is 0 Å². The standard InChI is InChI=1S/C20H17ClFN3O2/c1-27-19-7-4-14(21)10-17(19)25-16-8-9-23-18(11-16)20(26)24-12-13-2-5-15(22)6-3-13/h2-11H,12H2,1H3,(H,23,25)(H,24,26). The highest BCUT2D eigenvalue weighted by Crippen LogP contribution is 2.30. The van der Waals surface area contributed by atoms with Crippen LogP contribution in [-0.2, 0) is 6.54 Å². The number of halogens is 2. The van der Waals surface area contributed by atoms with Crippen molar-refractivity contribution in [1.29, 1.82) is 0 Å². The highest BCUT2D eigenvalue weighted by atomic mass is 35.5. The SMILES string of the molecule is COc1ccc(Cl)cc1Nc1ccnc(C(=O)NCc2ccc(F)cc2)c1. The molecule has 7 heteroatoms. The van der Waals surface area contributed by atoms with Gasteiger partial charge >= 0.3 is 0 Å². The van der Waals surface area contributed by atoms with E-state index >= 15 is 0 Å². The van der Waals surface area contributed by atoms with Gasteiger partial charge in [-0.2, -0.15) is 0 Å². The first-order valence-electron chi connectivity index (χ1n) is 8.14. The Balaban J connectivity index is 1.70. The summed E-state index contributed by atoms with van der Waals surface area (Å²) in [5.74, 6) is -0.0264. The number of methoxy groups -OCH3 is 1. The number of benzene rings is 2. The van der Waals surface area contributed by atoms with Crippen LogP contribution >= 0.6 is 11.6 Å². The monoisotopic (exact) mass is 385 g/mol. The minimum atomic E-state index is -0.332. The number of hydrogen-bond acceptors (Lipinski definition) is 4. The zero-order chi connectivity index (χ0) is 19.2. The number of ether oxygens (including phenoxy) is 1. The van der Waals surface area contributed by atoms with Gasteiger partial charge in [-0.05, 0) is 48.0 Å². The fourth-order valence-electron chi connectivity index (χ4n) is 2.44. The fraction of sp³-hybridized carbons (Fsp3) is 0.100. The molecule has 27 heavy (non-hydrogen) atoms. The zero-order valence-corrected chi connectivity index (χ0v) is 15.3. The first kappa shape index (κ1) is 18.7. The van der Waals surface area contributed by atoms with E-state index in [1.54, 1.807) is 49.6 Å². The summed E-state index contributed by atoms with van der Waals surface area (Å²) in [5.41, 5.74) is 2.39. The molecule has 1 heterocycles. The van der Waals surface area contributed by atoms with Crippen LogP contribution in [0.2, 0.25) is 5.02 Å². The van der Waals surface area contributed by atoms with Gasteiger partial charge in [-0.3, -0.25) is 9.78 Å². The first-order valence-corrected chi connectivity index (χ1v) is 8.52. The first-order chi connectivity index (χ1) is 13.0. The van der Waals surface area contributed by atoms with E-state index in [0.29, 0.717) is 22.1 Å². The topological polar surface area (TPSA) is 63.2 Å². The quantitative estimate of drug-likeness (QED) is 0.653. The highest BCUT2D eigenvalue weighted by Gasteiger charge is 2.10. The van der Waals surface area contributed by atoms with Gasteiger partial charge in [0.15, 0.2) is 0 Å². The number of pyridine rings is 1. The summed E-state index contributed by atoms with van der Waals surface area (Å²) >= 11 is 6.04.